The minimum absolute atomic E-state index is 0.0731. The highest BCUT2D eigenvalue weighted by molar-refractivity contribution is 6.04. The van der Waals surface area contributed by atoms with E-state index in [1.807, 2.05) is 30.0 Å². The Hall–Kier alpha value is -3.16. The van der Waals surface area contributed by atoms with E-state index in [2.05, 4.69) is 15.2 Å². The number of imidazole rings is 1. The second-order valence-corrected chi connectivity index (χ2v) is 7.09. The molecule has 4 rings (SSSR count). The second-order valence-electron chi connectivity index (χ2n) is 7.09. The van der Waals surface area contributed by atoms with Crippen molar-refractivity contribution in [3.05, 3.63) is 47.7 Å². The van der Waals surface area contributed by atoms with Crippen LogP contribution in [-0.4, -0.2) is 49.6 Å². The van der Waals surface area contributed by atoms with Crippen LogP contribution in [0.5, 0.6) is 0 Å². The van der Waals surface area contributed by atoms with Crippen molar-refractivity contribution in [1.29, 1.82) is 0 Å². The Morgan fingerprint density at radius 2 is 2.22 bits per heavy atom. The number of nitrogens with one attached hydrogen (secondary N) is 1. The highest BCUT2D eigenvalue weighted by Gasteiger charge is 2.30. The predicted molar refractivity (Wildman–Crippen MR) is 100 cm³/mol. The smallest absolute Gasteiger partial charge is 0.275 e. The van der Waals surface area contributed by atoms with Crippen molar-refractivity contribution in [3.8, 4) is 0 Å². The lowest BCUT2D eigenvalue weighted by Crippen LogP contribution is -2.40. The number of nitrogens with zero attached hydrogens (tertiary/aromatic N) is 4. The number of nitrogens with two attached hydrogens (primary N) is 1. The third kappa shape index (κ3) is 3.30. The number of H-pyrrole nitrogens is 1. The summed E-state index contributed by atoms with van der Waals surface area (Å²) < 4.78 is 1.77. The number of piperidine rings is 1. The lowest BCUT2D eigenvalue weighted by atomic mass is 9.96. The van der Waals surface area contributed by atoms with Crippen LogP contribution in [0.25, 0.3) is 10.9 Å². The van der Waals surface area contributed by atoms with Crippen molar-refractivity contribution in [2.24, 2.45) is 5.73 Å². The van der Waals surface area contributed by atoms with Gasteiger partial charge < -0.3 is 15.2 Å². The van der Waals surface area contributed by atoms with Gasteiger partial charge in [-0.3, -0.25) is 14.7 Å². The molecule has 8 heteroatoms. The maximum atomic E-state index is 13.1. The average molecular weight is 366 g/mol. The van der Waals surface area contributed by atoms with Crippen LogP contribution in [0.15, 0.2) is 30.6 Å². The summed E-state index contributed by atoms with van der Waals surface area (Å²) in [5.74, 6) is 0.388. The van der Waals surface area contributed by atoms with Crippen LogP contribution in [0.1, 0.15) is 40.6 Å². The highest BCUT2D eigenvalue weighted by atomic mass is 16.2. The van der Waals surface area contributed by atoms with E-state index >= 15 is 0 Å². The van der Waals surface area contributed by atoms with Crippen molar-refractivity contribution < 1.29 is 9.59 Å². The number of fused-ring (bicyclic) bond motifs is 1. The van der Waals surface area contributed by atoms with Gasteiger partial charge in [-0.15, -0.1) is 0 Å². The molecule has 2 aromatic heterocycles. The number of hydrogen-bond acceptors (Lipinski definition) is 4. The van der Waals surface area contributed by atoms with E-state index in [1.165, 1.54) is 0 Å². The van der Waals surface area contributed by atoms with E-state index < -0.39 is 5.91 Å². The lowest BCUT2D eigenvalue weighted by molar-refractivity contribution is -0.118. The van der Waals surface area contributed by atoms with Gasteiger partial charge >= 0.3 is 0 Å². The van der Waals surface area contributed by atoms with Gasteiger partial charge in [0.15, 0.2) is 5.69 Å². The molecule has 1 atom stereocenters. The number of carbonyl (C=O) groups is 2. The van der Waals surface area contributed by atoms with E-state index in [9.17, 15) is 9.59 Å². The molecule has 1 fully saturated rings. The van der Waals surface area contributed by atoms with E-state index in [4.69, 9.17) is 5.73 Å². The normalized spacial score (nSPS) is 17.4. The molecule has 8 nitrogen and oxygen atoms in total. The summed E-state index contributed by atoms with van der Waals surface area (Å²) >= 11 is 0. The number of primary amides is 1. The lowest BCUT2D eigenvalue weighted by Gasteiger charge is -2.32. The number of aromatic nitrogens is 4. The first-order chi connectivity index (χ1) is 13.0. The van der Waals surface area contributed by atoms with Gasteiger partial charge in [-0.2, -0.15) is 5.10 Å². The zero-order valence-corrected chi connectivity index (χ0v) is 15.2. The Bertz CT molecular complexity index is 1000. The highest BCUT2D eigenvalue weighted by Crippen LogP contribution is 2.28. The molecule has 0 spiro atoms. The number of aromatic amines is 1. The van der Waals surface area contributed by atoms with Crippen LogP contribution >= 0.6 is 0 Å². The minimum atomic E-state index is -0.406. The van der Waals surface area contributed by atoms with E-state index in [0.29, 0.717) is 18.8 Å². The van der Waals surface area contributed by atoms with Gasteiger partial charge in [-0.25, -0.2) is 4.98 Å². The molecule has 0 saturated carbocycles. The van der Waals surface area contributed by atoms with Crippen LogP contribution in [0, 0.1) is 6.92 Å². The van der Waals surface area contributed by atoms with Crippen LogP contribution < -0.4 is 5.73 Å². The summed E-state index contributed by atoms with van der Waals surface area (Å²) in [6, 6.07) is 5.91. The maximum absolute atomic E-state index is 13.1. The van der Waals surface area contributed by atoms with E-state index in [0.717, 1.165) is 35.1 Å². The molecular weight excluding hydrogens is 344 g/mol. The fraction of sp³-hybridized carbons (Fsp3) is 0.368. The molecule has 3 heterocycles. The molecule has 3 N–H and O–H groups in total. The number of likely N-dealkylation sites (tertiary alicyclic amines) is 1. The summed E-state index contributed by atoms with van der Waals surface area (Å²) in [4.78, 5) is 30.6. The number of hydrogen-bond donors (Lipinski definition) is 2. The van der Waals surface area contributed by atoms with Gasteiger partial charge in [-0.1, -0.05) is 11.6 Å². The zero-order chi connectivity index (χ0) is 19.0. The van der Waals surface area contributed by atoms with Crippen LogP contribution in [0.3, 0.4) is 0 Å². The van der Waals surface area contributed by atoms with Crippen molar-refractivity contribution >= 4 is 22.7 Å². The quantitative estimate of drug-likeness (QED) is 0.730. The Balaban J connectivity index is 1.58. The molecular formula is C19H22N6O2. The summed E-state index contributed by atoms with van der Waals surface area (Å²) in [7, 11) is 0. The molecule has 0 radical (unpaired) electrons. The Morgan fingerprint density at radius 1 is 1.37 bits per heavy atom. The van der Waals surface area contributed by atoms with Gasteiger partial charge in [0.05, 0.1) is 5.52 Å². The summed E-state index contributed by atoms with van der Waals surface area (Å²) in [6.45, 7) is 3.33. The summed E-state index contributed by atoms with van der Waals surface area (Å²) in [5.41, 5.74) is 7.72. The molecule has 2 amide bonds. The molecule has 0 aliphatic carbocycles. The van der Waals surface area contributed by atoms with Crippen molar-refractivity contribution in [2.45, 2.75) is 32.2 Å². The molecule has 0 unspecified atom stereocenters. The number of rotatable bonds is 4. The minimum Gasteiger partial charge on any atom is -0.368 e. The van der Waals surface area contributed by atoms with Crippen molar-refractivity contribution in [1.82, 2.24) is 24.6 Å². The van der Waals surface area contributed by atoms with Crippen LogP contribution in [0.4, 0.5) is 0 Å². The standard InChI is InChI=1S/C19H22N6O2/c1-12-4-5-15-14(9-12)17(23-22-15)19(27)25-7-2-3-13(10-25)18-21-6-8-24(18)11-16(20)26/h4-6,8-9,13H,2-3,7,10-11H2,1H3,(H2,20,26)(H,22,23)/t13-/m0/s1. The van der Waals surface area contributed by atoms with Crippen LogP contribution in [-0.2, 0) is 11.3 Å². The second kappa shape index (κ2) is 6.86. The van der Waals surface area contributed by atoms with Gasteiger partial charge in [-0.05, 0) is 31.9 Å². The molecule has 140 valence electrons. The molecule has 1 aliphatic rings. The summed E-state index contributed by atoms with van der Waals surface area (Å²) in [5, 5.41) is 8.04. The third-order valence-electron chi connectivity index (χ3n) is 5.07. The van der Waals surface area contributed by atoms with E-state index in [-0.39, 0.29) is 18.4 Å². The van der Waals surface area contributed by atoms with Crippen molar-refractivity contribution in [2.75, 3.05) is 13.1 Å². The maximum Gasteiger partial charge on any atom is 0.275 e. The SMILES string of the molecule is Cc1ccc2[nH]nc(C(=O)N3CCC[C@H](c4nccn4CC(N)=O)C3)c2c1. The van der Waals surface area contributed by atoms with Gasteiger partial charge in [0.25, 0.3) is 5.91 Å². The number of carbonyl (C=O) groups excluding carboxylic acids is 2. The molecule has 1 saturated heterocycles. The van der Waals surface area contributed by atoms with Gasteiger partial charge in [0.1, 0.15) is 12.4 Å². The first-order valence-corrected chi connectivity index (χ1v) is 9.06. The molecule has 3 aromatic rings. The average Bonchev–Trinajstić information content (AvgIpc) is 3.27. The first-order valence-electron chi connectivity index (χ1n) is 9.06. The van der Waals surface area contributed by atoms with Crippen molar-refractivity contribution in [3.63, 3.8) is 0 Å². The zero-order valence-electron chi connectivity index (χ0n) is 15.2. The Kier molecular flexibility index (Phi) is 4.39. The summed E-state index contributed by atoms with van der Waals surface area (Å²) in [6.07, 6.45) is 5.22. The predicted octanol–water partition coefficient (Wildman–Crippen LogP) is 1.57. The molecule has 1 aromatic carbocycles. The monoisotopic (exact) mass is 366 g/mol. The van der Waals surface area contributed by atoms with E-state index in [1.54, 1.807) is 17.0 Å². The molecule has 0 bridgehead atoms. The van der Waals surface area contributed by atoms with Gasteiger partial charge in [0, 0.05) is 36.8 Å². The topological polar surface area (TPSA) is 110 Å². The third-order valence-corrected chi connectivity index (χ3v) is 5.07. The molecule has 27 heavy (non-hydrogen) atoms. The fourth-order valence-corrected chi connectivity index (χ4v) is 3.80. The number of aryl methyl sites for hydroxylation is 1. The molecule has 1 aliphatic heterocycles. The Morgan fingerprint density at radius 3 is 3.04 bits per heavy atom. The number of benzene rings is 1. The number of amides is 2. The fourth-order valence-electron chi connectivity index (χ4n) is 3.80. The van der Waals surface area contributed by atoms with Crippen LogP contribution in [0.2, 0.25) is 0 Å². The largest absolute Gasteiger partial charge is 0.368 e. The van der Waals surface area contributed by atoms with Gasteiger partial charge in [0.2, 0.25) is 5.91 Å². The first kappa shape index (κ1) is 17.3. The Labute approximate surface area is 156 Å².